The van der Waals surface area contributed by atoms with Crippen LogP contribution in [0.15, 0.2) is 10.7 Å². The molecule has 0 spiro atoms. The highest BCUT2D eigenvalue weighted by atomic mass is 79.9. The Hall–Kier alpha value is -0.390. The average Bonchev–Trinajstić information content (AvgIpc) is 2.82. The van der Waals surface area contributed by atoms with Gasteiger partial charge in [0, 0.05) is 12.5 Å². The van der Waals surface area contributed by atoms with Gasteiger partial charge in [-0.05, 0) is 48.8 Å². The maximum Gasteiger partial charge on any atom is 0.0635 e. The molecule has 1 saturated carbocycles. The summed E-state index contributed by atoms with van der Waals surface area (Å²) in [5, 5.41) is 14.4. The van der Waals surface area contributed by atoms with Gasteiger partial charge in [0.05, 0.1) is 29.0 Å². The van der Waals surface area contributed by atoms with E-state index in [0.717, 1.165) is 30.4 Å². The van der Waals surface area contributed by atoms with E-state index in [2.05, 4.69) is 51.6 Å². The molecule has 18 heavy (non-hydrogen) atoms. The van der Waals surface area contributed by atoms with Gasteiger partial charge in [-0.3, -0.25) is 4.68 Å². The van der Waals surface area contributed by atoms with Crippen molar-refractivity contribution in [2.45, 2.75) is 38.3 Å². The molecule has 1 aliphatic rings. The van der Waals surface area contributed by atoms with E-state index in [9.17, 15) is 5.11 Å². The van der Waals surface area contributed by atoms with Crippen LogP contribution in [0, 0.1) is 5.92 Å². The molecular formula is C13H22BrN3O. The molecule has 2 rings (SSSR count). The Morgan fingerprint density at radius 3 is 2.78 bits per heavy atom. The van der Waals surface area contributed by atoms with E-state index < -0.39 is 0 Å². The van der Waals surface area contributed by atoms with Crippen LogP contribution in [0.25, 0.3) is 0 Å². The van der Waals surface area contributed by atoms with Gasteiger partial charge in [0.15, 0.2) is 0 Å². The number of nitrogens with zero attached hydrogens (tertiary/aromatic N) is 3. The van der Waals surface area contributed by atoms with Crippen molar-refractivity contribution in [2.24, 2.45) is 5.92 Å². The lowest BCUT2D eigenvalue weighted by Crippen LogP contribution is -2.22. The van der Waals surface area contributed by atoms with Gasteiger partial charge in [0.25, 0.3) is 0 Å². The van der Waals surface area contributed by atoms with Crippen LogP contribution >= 0.6 is 15.9 Å². The first-order valence-corrected chi connectivity index (χ1v) is 7.34. The Morgan fingerprint density at radius 1 is 1.50 bits per heavy atom. The molecule has 1 N–H and O–H groups in total. The molecule has 0 saturated heterocycles. The first-order valence-electron chi connectivity index (χ1n) is 6.54. The maximum absolute atomic E-state index is 9.91. The van der Waals surface area contributed by atoms with E-state index in [0.29, 0.717) is 11.8 Å². The SMILES string of the molecule is CC1C(O)CCC1c1c(Br)cnn1CCN(C)C. The minimum absolute atomic E-state index is 0.168. The van der Waals surface area contributed by atoms with E-state index in [1.807, 2.05) is 6.20 Å². The van der Waals surface area contributed by atoms with Gasteiger partial charge in [-0.25, -0.2) is 0 Å². The normalized spacial score (nSPS) is 28.2. The van der Waals surface area contributed by atoms with E-state index in [4.69, 9.17) is 0 Å². The third-order valence-electron chi connectivity index (χ3n) is 3.96. The smallest absolute Gasteiger partial charge is 0.0635 e. The van der Waals surface area contributed by atoms with Crippen LogP contribution in [-0.2, 0) is 6.54 Å². The number of hydrogen-bond donors (Lipinski definition) is 1. The lowest BCUT2D eigenvalue weighted by Gasteiger charge is -2.20. The average molecular weight is 316 g/mol. The molecule has 1 heterocycles. The summed E-state index contributed by atoms with van der Waals surface area (Å²) < 4.78 is 3.16. The van der Waals surface area contributed by atoms with Crippen LogP contribution < -0.4 is 0 Å². The Kier molecular flexibility index (Phi) is 4.45. The molecule has 0 aliphatic heterocycles. The topological polar surface area (TPSA) is 41.3 Å². The highest BCUT2D eigenvalue weighted by Crippen LogP contribution is 2.41. The van der Waals surface area contributed by atoms with Crippen LogP contribution in [0.5, 0.6) is 0 Å². The predicted molar refractivity (Wildman–Crippen MR) is 75.6 cm³/mol. The van der Waals surface area contributed by atoms with E-state index >= 15 is 0 Å². The van der Waals surface area contributed by atoms with Gasteiger partial charge in [-0.2, -0.15) is 5.10 Å². The Morgan fingerprint density at radius 2 is 2.22 bits per heavy atom. The van der Waals surface area contributed by atoms with Crippen molar-refractivity contribution in [3.8, 4) is 0 Å². The van der Waals surface area contributed by atoms with Gasteiger partial charge in [0.2, 0.25) is 0 Å². The van der Waals surface area contributed by atoms with Crippen molar-refractivity contribution < 1.29 is 5.11 Å². The van der Waals surface area contributed by atoms with Crippen molar-refractivity contribution in [2.75, 3.05) is 20.6 Å². The summed E-state index contributed by atoms with van der Waals surface area (Å²) in [6.45, 7) is 4.01. The van der Waals surface area contributed by atoms with Gasteiger partial charge in [0.1, 0.15) is 0 Å². The zero-order chi connectivity index (χ0) is 13.3. The monoisotopic (exact) mass is 315 g/mol. The minimum Gasteiger partial charge on any atom is -0.393 e. The minimum atomic E-state index is -0.168. The highest BCUT2D eigenvalue weighted by Gasteiger charge is 2.35. The molecule has 1 aliphatic carbocycles. The zero-order valence-electron chi connectivity index (χ0n) is 11.3. The fraction of sp³-hybridized carbons (Fsp3) is 0.769. The molecule has 0 bridgehead atoms. The quantitative estimate of drug-likeness (QED) is 0.925. The zero-order valence-corrected chi connectivity index (χ0v) is 12.9. The number of hydrogen-bond acceptors (Lipinski definition) is 3. The van der Waals surface area contributed by atoms with Crippen molar-refractivity contribution in [1.82, 2.24) is 14.7 Å². The summed E-state index contributed by atoms with van der Waals surface area (Å²) in [5.74, 6) is 0.732. The largest absolute Gasteiger partial charge is 0.393 e. The molecule has 4 nitrogen and oxygen atoms in total. The Labute approximate surface area is 117 Å². The molecule has 102 valence electrons. The van der Waals surface area contributed by atoms with Crippen LogP contribution in [0.4, 0.5) is 0 Å². The van der Waals surface area contributed by atoms with Crippen LogP contribution in [0.2, 0.25) is 0 Å². The molecular weight excluding hydrogens is 294 g/mol. The van der Waals surface area contributed by atoms with Crippen LogP contribution in [-0.4, -0.2) is 46.5 Å². The second-order valence-electron chi connectivity index (χ2n) is 5.51. The van der Waals surface area contributed by atoms with Crippen molar-refractivity contribution >= 4 is 15.9 Å². The molecule has 1 aromatic rings. The number of rotatable bonds is 4. The standard InChI is InChI=1S/C13H22BrN3O/c1-9-10(4-5-12(9)18)13-11(14)8-15-17(13)7-6-16(2)3/h8-10,12,18H,4-7H2,1-3H3. The lowest BCUT2D eigenvalue weighted by molar-refractivity contribution is 0.135. The molecule has 3 unspecified atom stereocenters. The summed E-state index contributed by atoms with van der Waals surface area (Å²) in [7, 11) is 4.14. The number of halogens is 1. The highest BCUT2D eigenvalue weighted by molar-refractivity contribution is 9.10. The number of aliphatic hydroxyl groups is 1. The molecule has 0 radical (unpaired) electrons. The van der Waals surface area contributed by atoms with Crippen molar-refractivity contribution in [1.29, 1.82) is 0 Å². The third-order valence-corrected chi connectivity index (χ3v) is 4.57. The molecule has 0 amide bonds. The summed E-state index contributed by atoms with van der Waals surface area (Å²) in [6.07, 6.45) is 3.66. The lowest BCUT2D eigenvalue weighted by atomic mass is 9.93. The third kappa shape index (κ3) is 2.78. The second kappa shape index (κ2) is 5.72. The van der Waals surface area contributed by atoms with Gasteiger partial charge in [-0.1, -0.05) is 6.92 Å². The molecule has 1 aromatic heterocycles. The van der Waals surface area contributed by atoms with E-state index in [1.54, 1.807) is 0 Å². The van der Waals surface area contributed by atoms with Crippen molar-refractivity contribution in [3.05, 3.63) is 16.4 Å². The number of aromatic nitrogens is 2. The summed E-state index contributed by atoms with van der Waals surface area (Å²) in [5.41, 5.74) is 1.25. The Balaban J connectivity index is 2.18. The van der Waals surface area contributed by atoms with Gasteiger partial charge >= 0.3 is 0 Å². The fourth-order valence-electron chi connectivity index (χ4n) is 2.74. The van der Waals surface area contributed by atoms with Gasteiger partial charge in [-0.15, -0.1) is 0 Å². The molecule has 3 atom stereocenters. The second-order valence-corrected chi connectivity index (χ2v) is 6.37. The van der Waals surface area contributed by atoms with E-state index in [1.165, 1.54) is 5.69 Å². The number of aliphatic hydroxyl groups excluding tert-OH is 1. The summed E-state index contributed by atoms with van der Waals surface area (Å²) in [6, 6.07) is 0. The molecule has 5 heteroatoms. The van der Waals surface area contributed by atoms with Crippen LogP contribution in [0.1, 0.15) is 31.4 Å². The van der Waals surface area contributed by atoms with Gasteiger partial charge < -0.3 is 10.0 Å². The Bertz CT molecular complexity index is 405. The summed E-state index contributed by atoms with van der Waals surface area (Å²) >= 11 is 3.60. The predicted octanol–water partition coefficient (Wildman–Crippen LogP) is 2.08. The summed E-state index contributed by atoms with van der Waals surface area (Å²) in [4.78, 5) is 2.16. The maximum atomic E-state index is 9.91. The van der Waals surface area contributed by atoms with Crippen LogP contribution in [0.3, 0.4) is 0 Å². The first-order chi connectivity index (χ1) is 8.50. The number of likely N-dealkylation sites (N-methyl/N-ethyl adjacent to an activating group) is 1. The van der Waals surface area contributed by atoms with E-state index in [-0.39, 0.29) is 6.10 Å². The molecule has 1 fully saturated rings. The fourth-order valence-corrected chi connectivity index (χ4v) is 3.33. The molecule has 0 aromatic carbocycles. The van der Waals surface area contributed by atoms with Crippen molar-refractivity contribution in [3.63, 3.8) is 0 Å². The first kappa shape index (κ1) is 14.0.